The molecule has 0 N–H and O–H groups in total. The van der Waals surface area contributed by atoms with E-state index in [4.69, 9.17) is 14.7 Å². The summed E-state index contributed by atoms with van der Waals surface area (Å²) in [4.78, 5) is 14.6. The summed E-state index contributed by atoms with van der Waals surface area (Å²) in [5.74, 6) is 1.65. The number of pyridine rings is 2. The molecular weight excluding hydrogens is 557 g/mol. The molecule has 44 heavy (non-hydrogen) atoms. The highest BCUT2D eigenvalue weighted by molar-refractivity contribution is 7.02. The number of para-hydroxylation sites is 6. The van der Waals surface area contributed by atoms with E-state index in [1.54, 1.807) is 0 Å². The highest BCUT2D eigenvalue weighted by atomic mass is 28.3. The van der Waals surface area contributed by atoms with Crippen molar-refractivity contribution >= 4 is 74.4 Å². The van der Waals surface area contributed by atoms with E-state index in [0.29, 0.717) is 0 Å². The molecule has 0 saturated heterocycles. The average Bonchev–Trinajstić information content (AvgIpc) is 3.07. The van der Waals surface area contributed by atoms with Gasteiger partial charge < -0.3 is 14.5 Å². The molecule has 5 nitrogen and oxygen atoms in total. The number of nitrogens with zero attached hydrogens (tertiary/aromatic N) is 4. The van der Waals surface area contributed by atoms with E-state index < -0.39 is 8.07 Å². The van der Waals surface area contributed by atoms with Crippen LogP contribution in [0.2, 0.25) is 13.1 Å². The number of anilines is 6. The van der Waals surface area contributed by atoms with Crippen molar-refractivity contribution in [1.82, 2.24) is 9.97 Å². The van der Waals surface area contributed by atoms with Gasteiger partial charge in [-0.25, -0.2) is 0 Å². The molecule has 0 saturated carbocycles. The van der Waals surface area contributed by atoms with E-state index in [1.165, 1.54) is 21.7 Å². The predicted molar refractivity (Wildman–Crippen MR) is 183 cm³/mol. The number of rotatable bonds is 2. The van der Waals surface area contributed by atoms with Crippen LogP contribution in [-0.4, -0.2) is 18.0 Å². The van der Waals surface area contributed by atoms with Crippen LogP contribution in [0.4, 0.5) is 34.1 Å². The minimum atomic E-state index is -1.89. The quantitative estimate of drug-likeness (QED) is 0.150. The first-order chi connectivity index (χ1) is 21.6. The Hall–Kier alpha value is -5.46. The number of benzene rings is 5. The molecule has 4 heterocycles. The average molecular weight is 585 g/mol. The summed E-state index contributed by atoms with van der Waals surface area (Å²) in [6.45, 7) is 4.90. The fraction of sp³-hybridized carbons (Fsp3) is 0.0526. The lowest BCUT2D eigenvalue weighted by Gasteiger charge is -2.41. The Morgan fingerprint density at radius 1 is 0.455 bits per heavy atom. The van der Waals surface area contributed by atoms with Gasteiger partial charge >= 0.3 is 0 Å². The third-order valence-corrected chi connectivity index (χ3v) is 12.7. The maximum atomic E-state index is 6.29. The number of hydrogen-bond donors (Lipinski definition) is 0. The van der Waals surface area contributed by atoms with Crippen molar-refractivity contribution in [2.45, 2.75) is 13.1 Å². The first-order valence-corrected chi connectivity index (χ1v) is 17.9. The molecule has 0 spiro atoms. The summed E-state index contributed by atoms with van der Waals surface area (Å²) < 4.78 is 6.29. The molecule has 0 atom stereocenters. The fourth-order valence-corrected chi connectivity index (χ4v) is 10.1. The normalized spacial score (nSPS) is 14.4. The predicted octanol–water partition coefficient (Wildman–Crippen LogP) is 8.96. The Morgan fingerprint density at radius 2 is 0.864 bits per heavy atom. The van der Waals surface area contributed by atoms with Crippen molar-refractivity contribution in [1.29, 1.82) is 0 Å². The van der Waals surface area contributed by atoms with E-state index in [1.807, 2.05) is 48.8 Å². The van der Waals surface area contributed by atoms with Gasteiger partial charge in [-0.2, -0.15) is 0 Å². The van der Waals surface area contributed by atoms with E-state index in [-0.39, 0.29) is 0 Å². The van der Waals surface area contributed by atoms with Crippen LogP contribution in [0.25, 0.3) is 21.8 Å². The molecule has 0 aliphatic carbocycles. The van der Waals surface area contributed by atoms with Crippen LogP contribution in [0.5, 0.6) is 11.5 Å². The second kappa shape index (κ2) is 9.27. The van der Waals surface area contributed by atoms with Crippen LogP contribution < -0.4 is 24.9 Å². The first-order valence-electron chi connectivity index (χ1n) is 14.9. The van der Waals surface area contributed by atoms with Gasteiger partial charge in [0.2, 0.25) is 0 Å². The lowest BCUT2D eigenvalue weighted by atomic mass is 10.0. The standard InChI is InChI=1S/C38H28N4OSi/c1-44(2)35-17-9-5-13-31(35)42(32-14-6-10-18-36(32)44)28-22-24-40-38-26(28)20-19-25-27(21-23-39-37(25)38)41-29-11-3-7-15-33(29)43-34-16-8-4-12-30(34)41/h3-24H,1-2H3. The summed E-state index contributed by atoms with van der Waals surface area (Å²) in [5, 5.41) is 4.98. The number of aromatic nitrogens is 2. The zero-order chi connectivity index (χ0) is 29.4. The van der Waals surface area contributed by atoms with Gasteiger partial charge in [0.15, 0.2) is 11.5 Å². The molecule has 0 bridgehead atoms. The van der Waals surface area contributed by atoms with E-state index in [0.717, 1.165) is 56.1 Å². The Bertz CT molecular complexity index is 2190. The van der Waals surface area contributed by atoms with E-state index in [9.17, 15) is 0 Å². The minimum absolute atomic E-state index is 0.825. The number of hydrogen-bond acceptors (Lipinski definition) is 5. The number of fused-ring (bicyclic) bond motifs is 7. The van der Waals surface area contributed by atoms with Crippen LogP contribution in [0.15, 0.2) is 134 Å². The van der Waals surface area contributed by atoms with Gasteiger partial charge in [0.05, 0.1) is 33.8 Å². The fourth-order valence-electron chi connectivity index (χ4n) is 7.08. The third kappa shape index (κ3) is 3.46. The summed E-state index contributed by atoms with van der Waals surface area (Å²) >= 11 is 0. The second-order valence-electron chi connectivity index (χ2n) is 11.9. The minimum Gasteiger partial charge on any atom is -0.453 e. The van der Waals surface area contributed by atoms with E-state index >= 15 is 0 Å². The monoisotopic (exact) mass is 584 g/mol. The molecule has 2 aromatic heterocycles. The van der Waals surface area contributed by atoms with E-state index in [2.05, 4.69) is 108 Å². The van der Waals surface area contributed by atoms with Gasteiger partial charge in [0, 0.05) is 34.5 Å². The van der Waals surface area contributed by atoms with Crippen LogP contribution in [-0.2, 0) is 0 Å². The maximum absolute atomic E-state index is 6.29. The van der Waals surface area contributed by atoms with Gasteiger partial charge in [-0.1, -0.05) is 73.8 Å². The molecule has 9 rings (SSSR count). The molecule has 5 aromatic carbocycles. The van der Waals surface area contributed by atoms with Gasteiger partial charge in [-0.3, -0.25) is 9.97 Å². The van der Waals surface area contributed by atoms with Gasteiger partial charge in [0.25, 0.3) is 0 Å². The lowest BCUT2D eigenvalue weighted by molar-refractivity contribution is 0.477. The molecule has 0 amide bonds. The second-order valence-corrected chi connectivity index (χ2v) is 16.2. The van der Waals surface area contributed by atoms with Gasteiger partial charge in [-0.05, 0) is 71.0 Å². The maximum Gasteiger partial charge on any atom is 0.151 e. The smallest absolute Gasteiger partial charge is 0.151 e. The third-order valence-electron chi connectivity index (χ3n) is 9.13. The van der Waals surface area contributed by atoms with Crippen LogP contribution >= 0.6 is 0 Å². The summed E-state index contributed by atoms with van der Waals surface area (Å²) in [6, 6.07) is 42.8. The molecule has 0 unspecified atom stereocenters. The van der Waals surface area contributed by atoms with Crippen LogP contribution in [0, 0.1) is 0 Å². The van der Waals surface area contributed by atoms with Gasteiger partial charge in [0.1, 0.15) is 8.07 Å². The van der Waals surface area contributed by atoms with Crippen molar-refractivity contribution in [3.8, 4) is 11.5 Å². The zero-order valence-corrected chi connectivity index (χ0v) is 25.4. The Kier molecular flexibility index (Phi) is 5.28. The van der Waals surface area contributed by atoms with Crippen molar-refractivity contribution in [2.24, 2.45) is 0 Å². The molecule has 210 valence electrons. The topological polar surface area (TPSA) is 41.5 Å². The van der Waals surface area contributed by atoms with Crippen LogP contribution in [0.1, 0.15) is 0 Å². The van der Waals surface area contributed by atoms with Gasteiger partial charge in [-0.15, -0.1) is 0 Å². The molecular formula is C38H28N4OSi. The lowest BCUT2D eigenvalue weighted by Crippen LogP contribution is -2.58. The highest BCUT2D eigenvalue weighted by Crippen LogP contribution is 2.52. The Balaban J connectivity index is 1.29. The number of ether oxygens (including phenoxy) is 1. The summed E-state index contributed by atoms with van der Waals surface area (Å²) in [7, 11) is -1.89. The van der Waals surface area contributed by atoms with Crippen molar-refractivity contribution in [3.63, 3.8) is 0 Å². The molecule has 0 radical (unpaired) electrons. The van der Waals surface area contributed by atoms with Crippen molar-refractivity contribution in [2.75, 3.05) is 9.80 Å². The molecule has 2 aliphatic heterocycles. The molecule has 0 fully saturated rings. The summed E-state index contributed by atoms with van der Waals surface area (Å²) in [6.07, 6.45) is 3.82. The zero-order valence-electron chi connectivity index (χ0n) is 24.4. The Labute approximate surface area is 256 Å². The first kappa shape index (κ1) is 25.1. The molecule has 6 heteroatoms. The van der Waals surface area contributed by atoms with Crippen LogP contribution in [0.3, 0.4) is 0 Å². The van der Waals surface area contributed by atoms with Crippen molar-refractivity contribution < 1.29 is 4.74 Å². The Morgan fingerprint density at radius 3 is 1.36 bits per heavy atom. The molecule has 2 aliphatic rings. The SMILES string of the molecule is C[Si]1(C)c2ccccc2N(c2ccnc3c2ccc2c(N4c5ccccc5Oc5ccccc54)ccnc23)c2ccccc21. The highest BCUT2D eigenvalue weighted by Gasteiger charge is 2.38. The summed E-state index contributed by atoms with van der Waals surface area (Å²) in [5.41, 5.74) is 8.38. The molecule has 7 aromatic rings. The van der Waals surface area contributed by atoms with Crippen molar-refractivity contribution in [3.05, 3.63) is 134 Å². The largest absolute Gasteiger partial charge is 0.453 e.